The first kappa shape index (κ1) is 14.1. The first-order valence-electron chi connectivity index (χ1n) is 6.48. The number of aromatic nitrogens is 2. The summed E-state index contributed by atoms with van der Waals surface area (Å²) in [4.78, 5) is 11.7. The fourth-order valence-electron chi connectivity index (χ4n) is 1.71. The zero-order chi connectivity index (χ0) is 14.4. The lowest BCUT2D eigenvalue weighted by molar-refractivity contribution is -0.120. The summed E-state index contributed by atoms with van der Waals surface area (Å²) in [6.07, 6.45) is 2.51. The second-order valence-electron chi connectivity index (χ2n) is 4.32. The number of carbonyl (C=O) groups is 1. The van der Waals surface area contributed by atoms with E-state index in [1.807, 2.05) is 19.1 Å². The highest BCUT2D eigenvalue weighted by molar-refractivity contribution is 5.91. The normalized spacial score (nSPS) is 10.4. The van der Waals surface area contributed by atoms with Crippen molar-refractivity contribution in [2.75, 3.05) is 24.3 Å². The number of nitrogens with zero attached hydrogens (tertiary/aromatic N) is 2. The lowest BCUT2D eigenvalue weighted by atomic mass is 10.3. The van der Waals surface area contributed by atoms with Crippen LogP contribution >= 0.6 is 0 Å². The first-order valence-corrected chi connectivity index (χ1v) is 6.48. The summed E-state index contributed by atoms with van der Waals surface area (Å²) in [5, 5.41) is 6.95. The van der Waals surface area contributed by atoms with Gasteiger partial charge in [0.15, 0.2) is 0 Å². The number of nitrogens with one attached hydrogen (secondary N) is 1. The largest absolute Gasteiger partial charge is 0.399 e. The molecule has 1 amide bonds. The van der Waals surface area contributed by atoms with E-state index in [0.717, 1.165) is 12.1 Å². The van der Waals surface area contributed by atoms with Gasteiger partial charge in [0.05, 0.1) is 11.9 Å². The van der Waals surface area contributed by atoms with Crippen LogP contribution < -0.4 is 11.1 Å². The lowest BCUT2D eigenvalue weighted by Gasteiger charge is -2.09. The lowest BCUT2D eigenvalue weighted by Crippen LogP contribution is -2.20. The Morgan fingerprint density at radius 3 is 2.80 bits per heavy atom. The summed E-state index contributed by atoms with van der Waals surface area (Å²) in [5.74, 6) is 0.399. The molecule has 1 aromatic carbocycles. The molecular formula is C14H18N4O2. The number of carbonyl (C=O) groups excluding carboxylic acids is 1. The van der Waals surface area contributed by atoms with Crippen LogP contribution in [-0.4, -0.2) is 28.9 Å². The molecule has 0 spiro atoms. The molecule has 0 aliphatic rings. The number of benzene rings is 1. The van der Waals surface area contributed by atoms with Crippen LogP contribution in [-0.2, 0) is 9.53 Å². The summed E-state index contributed by atoms with van der Waals surface area (Å²) in [7, 11) is 0. The van der Waals surface area contributed by atoms with Crippen molar-refractivity contribution in [1.29, 1.82) is 0 Å². The van der Waals surface area contributed by atoms with E-state index in [4.69, 9.17) is 10.5 Å². The van der Waals surface area contributed by atoms with Crippen molar-refractivity contribution >= 4 is 17.4 Å². The Balaban J connectivity index is 2.05. The second kappa shape index (κ2) is 6.72. The van der Waals surface area contributed by atoms with Crippen LogP contribution in [0.25, 0.3) is 5.69 Å². The Labute approximate surface area is 117 Å². The number of hydrogen-bond donors (Lipinski definition) is 2. The van der Waals surface area contributed by atoms with E-state index in [1.54, 1.807) is 29.1 Å². The number of hydrogen-bond acceptors (Lipinski definition) is 4. The third kappa shape index (κ3) is 3.58. The van der Waals surface area contributed by atoms with Crippen molar-refractivity contribution in [3.63, 3.8) is 0 Å². The maximum absolute atomic E-state index is 11.7. The molecule has 0 radical (unpaired) electrons. The SMILES string of the molecule is CCCOCC(=O)Nc1ccnn1-c1ccc(N)cc1. The number of ether oxygens (including phenoxy) is 1. The van der Waals surface area contributed by atoms with Crippen LogP contribution in [0.3, 0.4) is 0 Å². The molecule has 1 heterocycles. The van der Waals surface area contributed by atoms with Gasteiger partial charge < -0.3 is 15.8 Å². The fraction of sp³-hybridized carbons (Fsp3) is 0.286. The van der Waals surface area contributed by atoms with Gasteiger partial charge >= 0.3 is 0 Å². The van der Waals surface area contributed by atoms with Gasteiger partial charge in [-0.1, -0.05) is 6.92 Å². The highest BCUT2D eigenvalue weighted by atomic mass is 16.5. The smallest absolute Gasteiger partial charge is 0.251 e. The van der Waals surface area contributed by atoms with Crippen LogP contribution in [0.5, 0.6) is 0 Å². The van der Waals surface area contributed by atoms with E-state index in [2.05, 4.69) is 10.4 Å². The van der Waals surface area contributed by atoms with E-state index >= 15 is 0 Å². The van der Waals surface area contributed by atoms with Crippen LogP contribution in [0.2, 0.25) is 0 Å². The topological polar surface area (TPSA) is 82.2 Å². The minimum Gasteiger partial charge on any atom is -0.399 e. The van der Waals surface area contributed by atoms with Crippen LogP contribution in [0.4, 0.5) is 11.5 Å². The van der Waals surface area contributed by atoms with Gasteiger partial charge in [-0.25, -0.2) is 4.68 Å². The average Bonchev–Trinajstić information content (AvgIpc) is 2.88. The fourth-order valence-corrected chi connectivity index (χ4v) is 1.71. The van der Waals surface area contributed by atoms with Crippen molar-refractivity contribution in [3.8, 4) is 5.69 Å². The molecule has 0 saturated heterocycles. The van der Waals surface area contributed by atoms with Crippen molar-refractivity contribution in [2.24, 2.45) is 0 Å². The van der Waals surface area contributed by atoms with Crippen molar-refractivity contribution < 1.29 is 9.53 Å². The molecule has 6 nitrogen and oxygen atoms in total. The highest BCUT2D eigenvalue weighted by Gasteiger charge is 2.08. The molecule has 0 fully saturated rings. The average molecular weight is 274 g/mol. The number of amides is 1. The number of rotatable bonds is 6. The molecule has 0 bridgehead atoms. The molecule has 3 N–H and O–H groups in total. The zero-order valence-electron chi connectivity index (χ0n) is 11.4. The number of nitrogens with two attached hydrogens (primary N) is 1. The molecule has 0 aliphatic carbocycles. The molecule has 0 aliphatic heterocycles. The molecule has 2 rings (SSSR count). The molecule has 0 atom stereocenters. The van der Waals surface area contributed by atoms with Gasteiger partial charge in [-0.3, -0.25) is 4.79 Å². The van der Waals surface area contributed by atoms with E-state index < -0.39 is 0 Å². The molecule has 20 heavy (non-hydrogen) atoms. The maximum atomic E-state index is 11.7. The van der Waals surface area contributed by atoms with Gasteiger partial charge in [-0.15, -0.1) is 0 Å². The Bertz CT molecular complexity index is 563. The summed E-state index contributed by atoms with van der Waals surface area (Å²) < 4.78 is 6.83. The number of nitrogen functional groups attached to an aromatic ring is 1. The Kier molecular flexibility index (Phi) is 4.73. The molecule has 2 aromatic rings. The molecule has 1 aromatic heterocycles. The Hall–Kier alpha value is -2.34. The monoisotopic (exact) mass is 274 g/mol. The maximum Gasteiger partial charge on any atom is 0.251 e. The van der Waals surface area contributed by atoms with Gasteiger partial charge in [0.2, 0.25) is 0 Å². The first-order chi connectivity index (χ1) is 9.70. The van der Waals surface area contributed by atoms with Gasteiger partial charge in [0.1, 0.15) is 12.4 Å². The molecule has 0 saturated carbocycles. The summed E-state index contributed by atoms with van der Waals surface area (Å²) in [6.45, 7) is 2.61. The molecule has 0 unspecified atom stereocenters. The van der Waals surface area contributed by atoms with Crippen molar-refractivity contribution in [1.82, 2.24) is 9.78 Å². The zero-order valence-corrected chi connectivity index (χ0v) is 11.4. The summed E-state index contributed by atoms with van der Waals surface area (Å²) >= 11 is 0. The van der Waals surface area contributed by atoms with E-state index in [9.17, 15) is 4.79 Å². The standard InChI is InChI=1S/C14H18N4O2/c1-2-9-20-10-14(19)17-13-7-8-16-18(13)12-5-3-11(15)4-6-12/h3-8H,2,9-10,15H2,1H3,(H,17,19). The van der Waals surface area contributed by atoms with Crippen molar-refractivity contribution in [2.45, 2.75) is 13.3 Å². The predicted octanol–water partition coefficient (Wildman–Crippen LogP) is 1.82. The van der Waals surface area contributed by atoms with Crippen molar-refractivity contribution in [3.05, 3.63) is 36.5 Å². The van der Waals surface area contributed by atoms with E-state index in [-0.39, 0.29) is 12.5 Å². The quantitative estimate of drug-likeness (QED) is 0.622. The Morgan fingerprint density at radius 1 is 1.35 bits per heavy atom. The Morgan fingerprint density at radius 2 is 2.10 bits per heavy atom. The van der Waals surface area contributed by atoms with Gasteiger partial charge in [0.25, 0.3) is 5.91 Å². The van der Waals surface area contributed by atoms with Crippen LogP contribution in [0, 0.1) is 0 Å². The van der Waals surface area contributed by atoms with Gasteiger partial charge in [-0.05, 0) is 30.7 Å². The van der Waals surface area contributed by atoms with Gasteiger partial charge in [0, 0.05) is 18.4 Å². The van der Waals surface area contributed by atoms with E-state index in [1.165, 1.54) is 0 Å². The molecular weight excluding hydrogens is 256 g/mol. The minimum absolute atomic E-state index is 0.0424. The van der Waals surface area contributed by atoms with Crippen LogP contribution in [0.1, 0.15) is 13.3 Å². The third-order valence-electron chi connectivity index (χ3n) is 2.63. The van der Waals surface area contributed by atoms with Gasteiger partial charge in [-0.2, -0.15) is 5.10 Å². The third-order valence-corrected chi connectivity index (χ3v) is 2.63. The molecule has 6 heteroatoms. The predicted molar refractivity (Wildman–Crippen MR) is 77.7 cm³/mol. The summed E-state index contributed by atoms with van der Waals surface area (Å²) in [5.41, 5.74) is 7.16. The minimum atomic E-state index is -0.198. The summed E-state index contributed by atoms with van der Waals surface area (Å²) in [6, 6.07) is 8.98. The number of anilines is 2. The molecule has 106 valence electrons. The highest BCUT2D eigenvalue weighted by Crippen LogP contribution is 2.16. The van der Waals surface area contributed by atoms with E-state index in [0.29, 0.717) is 18.1 Å². The second-order valence-corrected chi connectivity index (χ2v) is 4.32. The van der Waals surface area contributed by atoms with Crippen LogP contribution in [0.15, 0.2) is 36.5 Å².